The molecule has 0 saturated carbocycles. The topological polar surface area (TPSA) is 49.4 Å². The molecule has 0 saturated heterocycles. The number of fused-ring (bicyclic) bond motifs is 1. The zero-order valence-corrected chi connectivity index (χ0v) is 18.0. The van der Waals surface area contributed by atoms with E-state index in [2.05, 4.69) is 5.32 Å². The van der Waals surface area contributed by atoms with Crippen molar-refractivity contribution in [2.75, 3.05) is 0 Å². The van der Waals surface area contributed by atoms with Crippen molar-refractivity contribution in [1.82, 2.24) is 10.2 Å². The third kappa shape index (κ3) is 4.13. The van der Waals surface area contributed by atoms with E-state index >= 15 is 0 Å². The van der Waals surface area contributed by atoms with Gasteiger partial charge in [0.15, 0.2) is 0 Å². The second-order valence-electron chi connectivity index (χ2n) is 8.39. The molecule has 1 aliphatic heterocycles. The number of rotatable bonds is 5. The van der Waals surface area contributed by atoms with Crippen LogP contribution in [-0.2, 0) is 24.3 Å². The van der Waals surface area contributed by atoms with Gasteiger partial charge in [-0.3, -0.25) is 9.59 Å². The Morgan fingerprint density at radius 3 is 2.41 bits per heavy atom. The average Bonchev–Trinajstić information content (AvgIpc) is 2.75. The first kappa shape index (κ1) is 21.7. The zero-order valence-electron chi connectivity index (χ0n) is 18.0. The molecule has 0 bridgehead atoms. The quantitative estimate of drug-likeness (QED) is 0.641. The highest BCUT2D eigenvalue weighted by molar-refractivity contribution is 6.02. The molecule has 0 aromatic heterocycles. The number of aryl methyl sites for hydroxylation is 1. The summed E-state index contributed by atoms with van der Waals surface area (Å²) < 4.78 is 27.6. The van der Waals surface area contributed by atoms with Crippen LogP contribution in [0.4, 0.5) is 8.78 Å². The van der Waals surface area contributed by atoms with Crippen molar-refractivity contribution in [3.63, 3.8) is 0 Å². The van der Waals surface area contributed by atoms with Gasteiger partial charge in [0.25, 0.3) is 5.91 Å². The van der Waals surface area contributed by atoms with Crippen LogP contribution in [0.2, 0.25) is 0 Å². The van der Waals surface area contributed by atoms with Crippen LogP contribution < -0.4 is 5.32 Å². The molecule has 1 N–H and O–H groups in total. The van der Waals surface area contributed by atoms with E-state index in [1.807, 2.05) is 43.3 Å². The summed E-state index contributed by atoms with van der Waals surface area (Å²) >= 11 is 0. The van der Waals surface area contributed by atoms with Crippen LogP contribution in [0.15, 0.2) is 66.7 Å². The van der Waals surface area contributed by atoms with Gasteiger partial charge in [0.2, 0.25) is 5.91 Å². The summed E-state index contributed by atoms with van der Waals surface area (Å²) in [5.41, 5.74) is 2.35. The lowest BCUT2D eigenvalue weighted by molar-refractivity contribution is -0.132. The smallest absolute Gasteiger partial charge is 0.255 e. The number of halogens is 2. The minimum atomic E-state index is -1.23. The molecule has 0 radical (unpaired) electrons. The molecule has 1 aliphatic rings. The first-order valence-electron chi connectivity index (χ1n) is 10.5. The van der Waals surface area contributed by atoms with Crippen molar-refractivity contribution in [2.24, 2.45) is 0 Å². The van der Waals surface area contributed by atoms with Crippen LogP contribution >= 0.6 is 0 Å². The number of hydrogen-bond donors (Lipinski definition) is 1. The monoisotopic (exact) mass is 434 g/mol. The number of nitrogens with one attached hydrogen (secondary N) is 1. The Balaban J connectivity index is 1.68. The number of amides is 2. The second-order valence-corrected chi connectivity index (χ2v) is 8.39. The Hall–Kier alpha value is -3.54. The van der Waals surface area contributed by atoms with Crippen LogP contribution in [0, 0.1) is 18.6 Å². The molecule has 0 fully saturated rings. The van der Waals surface area contributed by atoms with E-state index < -0.39 is 17.2 Å². The van der Waals surface area contributed by atoms with Crippen molar-refractivity contribution in [3.8, 4) is 0 Å². The lowest BCUT2D eigenvalue weighted by atomic mass is 9.82. The summed E-state index contributed by atoms with van der Waals surface area (Å²) in [4.78, 5) is 28.3. The van der Waals surface area contributed by atoms with Gasteiger partial charge in [-0.25, -0.2) is 8.78 Å². The van der Waals surface area contributed by atoms with E-state index in [9.17, 15) is 18.4 Å². The van der Waals surface area contributed by atoms with Crippen molar-refractivity contribution in [1.29, 1.82) is 0 Å². The Labute approximate surface area is 185 Å². The number of benzene rings is 3. The van der Waals surface area contributed by atoms with Gasteiger partial charge in [-0.2, -0.15) is 0 Å². The predicted octanol–water partition coefficient (Wildman–Crippen LogP) is 4.55. The van der Waals surface area contributed by atoms with Crippen LogP contribution in [0.1, 0.15) is 39.5 Å². The third-order valence-electron chi connectivity index (χ3n) is 6.08. The molecule has 1 atom stereocenters. The molecule has 4 rings (SSSR count). The Kier molecular flexibility index (Phi) is 5.78. The van der Waals surface area contributed by atoms with Gasteiger partial charge >= 0.3 is 0 Å². The zero-order chi connectivity index (χ0) is 22.9. The molecular formula is C26H24F2N2O2. The fraction of sp³-hybridized carbons (Fsp3) is 0.231. The van der Waals surface area contributed by atoms with Crippen LogP contribution in [0.3, 0.4) is 0 Å². The maximum absolute atomic E-state index is 13.8. The lowest BCUT2D eigenvalue weighted by Gasteiger charge is -2.44. The minimum Gasteiger partial charge on any atom is -0.350 e. The number of hydrogen-bond acceptors (Lipinski definition) is 2. The van der Waals surface area contributed by atoms with Crippen molar-refractivity contribution in [2.45, 2.75) is 38.9 Å². The molecule has 0 spiro atoms. The summed E-state index contributed by atoms with van der Waals surface area (Å²) in [6, 6.07) is 18.0. The maximum atomic E-state index is 13.8. The van der Waals surface area contributed by atoms with E-state index in [1.165, 1.54) is 17.0 Å². The van der Waals surface area contributed by atoms with Crippen molar-refractivity contribution >= 4 is 11.8 Å². The van der Waals surface area contributed by atoms with Gasteiger partial charge < -0.3 is 10.2 Å². The van der Waals surface area contributed by atoms with Crippen molar-refractivity contribution < 1.29 is 18.4 Å². The summed E-state index contributed by atoms with van der Waals surface area (Å²) in [6.07, 6.45) is 0.298. The third-order valence-corrected chi connectivity index (χ3v) is 6.08. The molecule has 3 aromatic rings. The van der Waals surface area contributed by atoms with Gasteiger partial charge in [-0.05, 0) is 54.3 Å². The molecule has 3 aromatic carbocycles. The molecule has 0 unspecified atom stereocenters. The average molecular weight is 434 g/mol. The maximum Gasteiger partial charge on any atom is 0.255 e. The fourth-order valence-electron chi connectivity index (χ4n) is 4.23. The van der Waals surface area contributed by atoms with Crippen LogP contribution in [0.25, 0.3) is 0 Å². The van der Waals surface area contributed by atoms with Gasteiger partial charge in [0.05, 0.1) is 0 Å². The highest BCUT2D eigenvalue weighted by atomic mass is 19.1. The number of nitrogens with zero attached hydrogens (tertiary/aromatic N) is 1. The standard InChI is InChI=1S/C26H24F2N2O2/c1-17-7-3-4-9-20(17)15-29-25(32)26(2)14-19-8-5-6-10-23(19)24(31)30(26)16-18-11-21(27)13-22(28)12-18/h3-13H,14-16H2,1-2H3,(H,29,32)/t26-/m0/s1. The summed E-state index contributed by atoms with van der Waals surface area (Å²) in [6.45, 7) is 3.90. The van der Waals surface area contributed by atoms with E-state index in [-0.39, 0.29) is 23.9 Å². The summed E-state index contributed by atoms with van der Waals surface area (Å²) in [5.74, 6) is -2.11. The molecule has 1 heterocycles. The summed E-state index contributed by atoms with van der Waals surface area (Å²) in [7, 11) is 0. The molecule has 164 valence electrons. The van der Waals surface area contributed by atoms with Gasteiger partial charge in [0.1, 0.15) is 17.2 Å². The molecule has 6 heteroatoms. The predicted molar refractivity (Wildman–Crippen MR) is 118 cm³/mol. The Morgan fingerprint density at radius 1 is 1.03 bits per heavy atom. The molecule has 0 aliphatic carbocycles. The second kappa shape index (κ2) is 8.54. The van der Waals surface area contributed by atoms with Gasteiger partial charge in [-0.15, -0.1) is 0 Å². The van der Waals surface area contributed by atoms with E-state index in [0.29, 0.717) is 18.5 Å². The molecule has 4 nitrogen and oxygen atoms in total. The Bertz CT molecular complexity index is 1170. The van der Waals surface area contributed by atoms with Crippen LogP contribution in [0.5, 0.6) is 0 Å². The normalized spacial score (nSPS) is 17.8. The highest BCUT2D eigenvalue weighted by Crippen LogP contribution is 2.33. The largest absolute Gasteiger partial charge is 0.350 e. The van der Waals surface area contributed by atoms with E-state index in [0.717, 1.165) is 22.8 Å². The first-order chi connectivity index (χ1) is 15.3. The highest BCUT2D eigenvalue weighted by Gasteiger charge is 2.46. The summed E-state index contributed by atoms with van der Waals surface area (Å²) in [5, 5.41) is 2.96. The number of carbonyl (C=O) groups excluding carboxylic acids is 2. The van der Waals surface area contributed by atoms with E-state index in [4.69, 9.17) is 0 Å². The Morgan fingerprint density at radius 2 is 1.69 bits per heavy atom. The molecule has 2 amide bonds. The molecular weight excluding hydrogens is 410 g/mol. The lowest BCUT2D eigenvalue weighted by Crippen LogP contribution is -2.62. The molecule has 32 heavy (non-hydrogen) atoms. The van der Waals surface area contributed by atoms with Crippen LogP contribution in [-0.4, -0.2) is 22.3 Å². The number of carbonyl (C=O) groups is 2. The first-order valence-corrected chi connectivity index (χ1v) is 10.5. The fourth-order valence-corrected chi connectivity index (χ4v) is 4.23. The van der Waals surface area contributed by atoms with Gasteiger partial charge in [0, 0.05) is 31.1 Å². The van der Waals surface area contributed by atoms with E-state index in [1.54, 1.807) is 19.1 Å². The SMILES string of the molecule is Cc1ccccc1CNC(=O)[C@]1(C)Cc2ccccc2C(=O)N1Cc1cc(F)cc(F)c1. The minimum absolute atomic E-state index is 0.0872. The van der Waals surface area contributed by atoms with Gasteiger partial charge in [-0.1, -0.05) is 42.5 Å². The van der Waals surface area contributed by atoms with Crippen molar-refractivity contribution in [3.05, 3.63) is 106 Å².